The normalized spacial score (nSPS) is 12.8. The minimum Gasteiger partial charge on any atom is -0.479 e. The number of ether oxygens (including phenoxy) is 1. The van der Waals surface area contributed by atoms with Crippen LogP contribution in [-0.2, 0) is 4.79 Å². The van der Waals surface area contributed by atoms with Crippen molar-refractivity contribution < 1.29 is 24.9 Å². The number of aliphatic hydroxyl groups is 3. The van der Waals surface area contributed by atoms with E-state index in [-0.39, 0.29) is 0 Å². The van der Waals surface area contributed by atoms with Gasteiger partial charge in [-0.25, -0.2) is 0 Å². The Morgan fingerprint density at radius 1 is 1.30 bits per heavy atom. The van der Waals surface area contributed by atoms with Crippen molar-refractivity contribution in [1.82, 2.24) is 5.32 Å². The van der Waals surface area contributed by atoms with E-state index in [2.05, 4.69) is 5.32 Å². The van der Waals surface area contributed by atoms with Gasteiger partial charge in [0.1, 0.15) is 11.3 Å². The Labute approximate surface area is 121 Å². The molecule has 0 heterocycles. The van der Waals surface area contributed by atoms with Crippen LogP contribution in [0.1, 0.15) is 6.92 Å². The second-order valence-electron chi connectivity index (χ2n) is 4.43. The van der Waals surface area contributed by atoms with E-state index in [1.165, 1.54) is 6.92 Å². The zero-order valence-electron chi connectivity index (χ0n) is 11.0. The molecule has 1 amide bonds. The van der Waals surface area contributed by atoms with Gasteiger partial charge < -0.3 is 25.4 Å². The minimum absolute atomic E-state index is 0.347. The summed E-state index contributed by atoms with van der Waals surface area (Å²) >= 11 is 5.91. The molecule has 1 unspecified atom stereocenters. The SMILES string of the molecule is CC(Oc1ccccc1Cl)C(=O)NC(CO)(CO)CO. The molecule has 4 N–H and O–H groups in total. The van der Waals surface area contributed by atoms with E-state index in [1.54, 1.807) is 24.3 Å². The molecule has 0 radical (unpaired) electrons. The predicted molar refractivity (Wildman–Crippen MR) is 73.7 cm³/mol. The highest BCUT2D eigenvalue weighted by Gasteiger charge is 2.32. The van der Waals surface area contributed by atoms with Crippen molar-refractivity contribution in [2.75, 3.05) is 19.8 Å². The summed E-state index contributed by atoms with van der Waals surface area (Å²) in [6.07, 6.45) is -0.904. The largest absolute Gasteiger partial charge is 0.479 e. The number of carbonyl (C=O) groups is 1. The van der Waals surface area contributed by atoms with Crippen molar-refractivity contribution in [2.45, 2.75) is 18.6 Å². The van der Waals surface area contributed by atoms with Crippen LogP contribution in [0.3, 0.4) is 0 Å². The number of aliphatic hydroxyl groups excluding tert-OH is 3. The zero-order chi connectivity index (χ0) is 15.2. The van der Waals surface area contributed by atoms with Crippen LogP contribution in [0, 0.1) is 0 Å². The molecule has 1 aromatic rings. The molecule has 0 saturated carbocycles. The van der Waals surface area contributed by atoms with Crippen molar-refractivity contribution >= 4 is 17.5 Å². The number of halogens is 1. The Morgan fingerprint density at radius 3 is 2.35 bits per heavy atom. The van der Waals surface area contributed by atoms with Crippen LogP contribution in [0.4, 0.5) is 0 Å². The Kier molecular flexibility index (Phi) is 6.22. The van der Waals surface area contributed by atoms with E-state index in [9.17, 15) is 4.79 Å². The molecule has 0 spiro atoms. The van der Waals surface area contributed by atoms with Gasteiger partial charge in [-0.1, -0.05) is 23.7 Å². The van der Waals surface area contributed by atoms with Gasteiger partial charge in [0.2, 0.25) is 0 Å². The Hall–Kier alpha value is -1.34. The number of hydrogen-bond acceptors (Lipinski definition) is 5. The maximum absolute atomic E-state index is 11.9. The van der Waals surface area contributed by atoms with Crippen LogP contribution < -0.4 is 10.1 Å². The molecule has 0 fully saturated rings. The van der Waals surface area contributed by atoms with E-state index in [1.807, 2.05) is 0 Å². The van der Waals surface area contributed by atoms with Crippen molar-refractivity contribution in [3.8, 4) is 5.75 Å². The first-order chi connectivity index (χ1) is 9.48. The van der Waals surface area contributed by atoms with Crippen molar-refractivity contribution in [2.24, 2.45) is 0 Å². The fraction of sp³-hybridized carbons (Fsp3) is 0.462. The van der Waals surface area contributed by atoms with Gasteiger partial charge in [-0.2, -0.15) is 0 Å². The molecular formula is C13H18ClNO5. The van der Waals surface area contributed by atoms with Crippen LogP contribution in [-0.4, -0.2) is 52.7 Å². The van der Waals surface area contributed by atoms with Gasteiger partial charge in [0.05, 0.1) is 24.8 Å². The summed E-state index contributed by atoms with van der Waals surface area (Å²) in [5.74, 6) is -0.235. The Balaban J connectivity index is 2.70. The summed E-state index contributed by atoms with van der Waals surface area (Å²) in [4.78, 5) is 11.9. The fourth-order valence-corrected chi connectivity index (χ4v) is 1.60. The van der Waals surface area contributed by atoms with Crippen LogP contribution in [0.25, 0.3) is 0 Å². The number of carbonyl (C=O) groups excluding carboxylic acids is 1. The highest BCUT2D eigenvalue weighted by atomic mass is 35.5. The number of amides is 1. The number of benzene rings is 1. The van der Waals surface area contributed by atoms with E-state index in [0.717, 1.165) is 0 Å². The molecule has 0 aromatic heterocycles. The maximum atomic E-state index is 11.9. The van der Waals surface area contributed by atoms with Crippen molar-refractivity contribution in [3.63, 3.8) is 0 Å². The minimum atomic E-state index is -1.48. The molecule has 1 atom stereocenters. The van der Waals surface area contributed by atoms with Crippen LogP contribution in [0.5, 0.6) is 5.75 Å². The van der Waals surface area contributed by atoms with E-state index in [0.29, 0.717) is 10.8 Å². The number of nitrogens with one attached hydrogen (secondary N) is 1. The van der Waals surface area contributed by atoms with Crippen LogP contribution in [0.15, 0.2) is 24.3 Å². The molecule has 7 heteroatoms. The smallest absolute Gasteiger partial charge is 0.261 e. The lowest BCUT2D eigenvalue weighted by atomic mass is 10.0. The topological polar surface area (TPSA) is 99.0 Å². The molecule has 6 nitrogen and oxygen atoms in total. The third-order valence-corrected chi connectivity index (χ3v) is 3.12. The second kappa shape index (κ2) is 7.44. The molecule has 0 aliphatic carbocycles. The Morgan fingerprint density at radius 2 is 1.85 bits per heavy atom. The van der Waals surface area contributed by atoms with Gasteiger partial charge >= 0.3 is 0 Å². The van der Waals surface area contributed by atoms with Crippen LogP contribution >= 0.6 is 11.6 Å². The summed E-state index contributed by atoms with van der Waals surface area (Å²) in [5, 5.41) is 30.2. The first-order valence-corrected chi connectivity index (χ1v) is 6.41. The maximum Gasteiger partial charge on any atom is 0.261 e. The molecular weight excluding hydrogens is 286 g/mol. The first-order valence-electron chi connectivity index (χ1n) is 6.04. The van der Waals surface area contributed by atoms with Gasteiger partial charge in [-0.05, 0) is 19.1 Å². The van der Waals surface area contributed by atoms with E-state index in [4.69, 9.17) is 31.7 Å². The lowest BCUT2D eigenvalue weighted by molar-refractivity contribution is -0.131. The lowest BCUT2D eigenvalue weighted by Crippen LogP contribution is -2.59. The third kappa shape index (κ3) is 4.08. The quantitative estimate of drug-likeness (QED) is 0.565. The van der Waals surface area contributed by atoms with E-state index < -0.39 is 37.4 Å². The molecule has 0 bridgehead atoms. The van der Waals surface area contributed by atoms with Crippen LogP contribution in [0.2, 0.25) is 5.02 Å². The molecule has 0 aliphatic rings. The number of para-hydroxylation sites is 1. The summed E-state index contributed by atoms with van der Waals surface area (Å²) in [5.41, 5.74) is -1.48. The van der Waals surface area contributed by atoms with Gasteiger partial charge in [0.25, 0.3) is 5.91 Å². The monoisotopic (exact) mass is 303 g/mol. The molecule has 0 aliphatic heterocycles. The first kappa shape index (κ1) is 16.7. The van der Waals surface area contributed by atoms with Gasteiger partial charge in [-0.15, -0.1) is 0 Å². The average molecular weight is 304 g/mol. The standard InChI is InChI=1S/C13H18ClNO5/c1-9(20-11-5-3-2-4-10(11)14)12(19)15-13(6-16,7-17)8-18/h2-5,9,16-18H,6-8H2,1H3,(H,15,19). The third-order valence-electron chi connectivity index (χ3n) is 2.81. The number of hydrogen-bond donors (Lipinski definition) is 4. The molecule has 1 aromatic carbocycles. The van der Waals surface area contributed by atoms with Gasteiger partial charge in [-0.3, -0.25) is 4.79 Å². The molecule has 20 heavy (non-hydrogen) atoms. The van der Waals surface area contributed by atoms with Gasteiger partial charge in [0.15, 0.2) is 6.10 Å². The summed E-state index contributed by atoms with van der Waals surface area (Å²) in [6, 6.07) is 6.68. The zero-order valence-corrected chi connectivity index (χ0v) is 11.8. The lowest BCUT2D eigenvalue weighted by Gasteiger charge is -2.30. The fourth-order valence-electron chi connectivity index (χ4n) is 1.42. The highest BCUT2D eigenvalue weighted by molar-refractivity contribution is 6.32. The molecule has 112 valence electrons. The molecule has 0 saturated heterocycles. The Bertz CT molecular complexity index is 442. The predicted octanol–water partition coefficient (Wildman–Crippen LogP) is -0.0608. The average Bonchev–Trinajstić information content (AvgIpc) is 2.47. The summed E-state index contributed by atoms with van der Waals surface area (Å²) < 4.78 is 5.40. The molecule has 1 rings (SSSR count). The summed E-state index contributed by atoms with van der Waals surface area (Å²) in [7, 11) is 0. The summed E-state index contributed by atoms with van der Waals surface area (Å²) in [6.45, 7) is -0.283. The van der Waals surface area contributed by atoms with Crippen molar-refractivity contribution in [3.05, 3.63) is 29.3 Å². The number of rotatable bonds is 7. The van der Waals surface area contributed by atoms with E-state index >= 15 is 0 Å². The van der Waals surface area contributed by atoms with Crippen molar-refractivity contribution in [1.29, 1.82) is 0 Å². The highest BCUT2D eigenvalue weighted by Crippen LogP contribution is 2.24. The van der Waals surface area contributed by atoms with Gasteiger partial charge in [0, 0.05) is 0 Å². The second-order valence-corrected chi connectivity index (χ2v) is 4.84.